The smallest absolute Gasteiger partial charge is 0.274 e. The van der Waals surface area contributed by atoms with Crippen LogP contribution in [0.2, 0.25) is 0 Å². The molecule has 3 aliphatic heterocycles. The van der Waals surface area contributed by atoms with Crippen LogP contribution in [0.15, 0.2) is 62.4 Å². The maximum Gasteiger partial charge on any atom is 0.274 e. The first-order valence-corrected chi connectivity index (χ1v) is 12.1. The standard InChI is InChI=1S/C20H22N4O4S2/c25-15-4-1-3-14(13-15)18-16-6-7-24(30(26,27)17-5-2-12-29-17)19(16)22-20(21-18)23-8-10-28-11-9-23/h1-5,12-13,18,25H,6-11H2,(H,21,22). The maximum absolute atomic E-state index is 13.3. The number of thiophene rings is 1. The van der Waals surface area contributed by atoms with E-state index in [1.807, 2.05) is 6.07 Å². The van der Waals surface area contributed by atoms with Crippen molar-refractivity contribution < 1.29 is 18.3 Å². The Balaban J connectivity index is 1.57. The van der Waals surface area contributed by atoms with Gasteiger partial charge in [-0.1, -0.05) is 18.2 Å². The number of hydrogen-bond donors (Lipinski definition) is 2. The molecular weight excluding hydrogens is 424 g/mol. The van der Waals surface area contributed by atoms with Gasteiger partial charge in [-0.05, 0) is 35.6 Å². The lowest BCUT2D eigenvalue weighted by Gasteiger charge is -2.35. The normalized spacial score (nSPS) is 22.0. The molecule has 4 heterocycles. The summed E-state index contributed by atoms with van der Waals surface area (Å²) >= 11 is 1.21. The molecule has 2 N–H and O–H groups in total. The fourth-order valence-corrected chi connectivity index (χ4v) is 6.60. The van der Waals surface area contributed by atoms with Crippen molar-refractivity contribution in [1.29, 1.82) is 0 Å². The van der Waals surface area contributed by atoms with Gasteiger partial charge in [0.25, 0.3) is 10.0 Å². The van der Waals surface area contributed by atoms with Crippen molar-refractivity contribution in [3.8, 4) is 5.75 Å². The van der Waals surface area contributed by atoms with Crippen molar-refractivity contribution in [3.63, 3.8) is 0 Å². The van der Waals surface area contributed by atoms with Gasteiger partial charge in [0.2, 0.25) is 5.96 Å². The molecule has 0 saturated carbocycles. The minimum atomic E-state index is -3.65. The van der Waals surface area contributed by atoms with Gasteiger partial charge >= 0.3 is 0 Å². The van der Waals surface area contributed by atoms with Gasteiger partial charge < -0.3 is 20.1 Å². The summed E-state index contributed by atoms with van der Waals surface area (Å²) < 4.78 is 33.8. The van der Waals surface area contributed by atoms with Crippen LogP contribution in [0.1, 0.15) is 18.0 Å². The van der Waals surface area contributed by atoms with Crippen LogP contribution in [0.4, 0.5) is 0 Å². The number of phenols is 1. The number of rotatable bonds is 3. The number of guanidine groups is 1. The van der Waals surface area contributed by atoms with Crippen LogP contribution in [0.25, 0.3) is 0 Å². The Labute approximate surface area is 179 Å². The van der Waals surface area contributed by atoms with Crippen molar-refractivity contribution in [1.82, 2.24) is 14.5 Å². The average molecular weight is 447 g/mol. The molecule has 10 heteroatoms. The van der Waals surface area contributed by atoms with E-state index >= 15 is 0 Å². The number of nitrogens with zero attached hydrogens (tertiary/aromatic N) is 3. The van der Waals surface area contributed by atoms with Gasteiger partial charge in [-0.2, -0.15) is 0 Å². The molecule has 5 rings (SSSR count). The van der Waals surface area contributed by atoms with Crippen molar-refractivity contribution in [2.24, 2.45) is 4.99 Å². The molecule has 1 unspecified atom stereocenters. The van der Waals surface area contributed by atoms with E-state index in [0.717, 1.165) is 11.1 Å². The first-order chi connectivity index (χ1) is 14.5. The number of aliphatic imine (C=N–C) groups is 1. The van der Waals surface area contributed by atoms with Crippen molar-refractivity contribution in [2.45, 2.75) is 16.7 Å². The summed E-state index contributed by atoms with van der Waals surface area (Å²) in [6, 6.07) is 10.0. The Bertz CT molecular complexity index is 1110. The van der Waals surface area contributed by atoms with E-state index in [4.69, 9.17) is 9.73 Å². The maximum atomic E-state index is 13.3. The molecule has 0 aliphatic carbocycles. The third kappa shape index (κ3) is 3.34. The van der Waals surface area contributed by atoms with Crippen molar-refractivity contribution >= 4 is 27.3 Å². The molecule has 3 aliphatic rings. The lowest BCUT2D eigenvalue weighted by molar-refractivity contribution is 0.0663. The Morgan fingerprint density at radius 2 is 2.00 bits per heavy atom. The predicted octanol–water partition coefficient (Wildman–Crippen LogP) is 2.09. The number of sulfonamides is 1. The first-order valence-electron chi connectivity index (χ1n) is 9.80. The van der Waals surface area contributed by atoms with E-state index < -0.39 is 10.0 Å². The molecule has 0 bridgehead atoms. The number of aromatic hydroxyl groups is 1. The summed E-state index contributed by atoms with van der Waals surface area (Å²) in [4.78, 5) is 7.01. The minimum Gasteiger partial charge on any atom is -0.508 e. The highest BCUT2D eigenvalue weighted by Crippen LogP contribution is 2.41. The SMILES string of the molecule is O=S(=O)(c1cccs1)N1CCC2=C1NC(N1CCOCC1)=NC2c1cccc(O)c1. The Morgan fingerprint density at radius 3 is 2.73 bits per heavy atom. The molecule has 0 amide bonds. The number of phenolic OH excluding ortho intramolecular Hbond substituents is 1. The lowest BCUT2D eigenvalue weighted by atomic mass is 9.97. The molecule has 1 fully saturated rings. The second-order valence-electron chi connectivity index (χ2n) is 7.31. The lowest BCUT2D eigenvalue weighted by Crippen LogP contribution is -2.50. The monoisotopic (exact) mass is 446 g/mol. The van der Waals surface area contributed by atoms with Crippen molar-refractivity contribution in [3.05, 3.63) is 58.7 Å². The van der Waals surface area contributed by atoms with Gasteiger partial charge in [0.05, 0.1) is 13.2 Å². The molecule has 0 spiro atoms. The van der Waals surface area contributed by atoms with Crippen LogP contribution in [0, 0.1) is 0 Å². The zero-order valence-corrected chi connectivity index (χ0v) is 17.8. The number of benzene rings is 1. The van der Waals surface area contributed by atoms with E-state index in [1.165, 1.54) is 15.6 Å². The van der Waals surface area contributed by atoms with Gasteiger partial charge in [-0.25, -0.2) is 13.4 Å². The van der Waals surface area contributed by atoms with Crippen LogP contribution in [-0.4, -0.2) is 61.5 Å². The number of ether oxygens (including phenoxy) is 1. The molecule has 1 saturated heterocycles. The van der Waals surface area contributed by atoms with Crippen LogP contribution in [0.5, 0.6) is 5.75 Å². The molecular formula is C20H22N4O4S2. The van der Waals surface area contributed by atoms with Crippen LogP contribution in [-0.2, 0) is 14.8 Å². The molecule has 1 atom stereocenters. The second-order valence-corrected chi connectivity index (χ2v) is 10.3. The van der Waals surface area contributed by atoms with E-state index in [2.05, 4.69) is 10.2 Å². The van der Waals surface area contributed by atoms with Crippen LogP contribution in [0.3, 0.4) is 0 Å². The summed E-state index contributed by atoms with van der Waals surface area (Å²) in [6.07, 6.45) is 0.577. The van der Waals surface area contributed by atoms with Gasteiger partial charge in [0, 0.05) is 25.2 Å². The van der Waals surface area contributed by atoms with Crippen molar-refractivity contribution in [2.75, 3.05) is 32.8 Å². The van der Waals surface area contributed by atoms with Gasteiger partial charge in [0.15, 0.2) is 0 Å². The van der Waals surface area contributed by atoms with Gasteiger partial charge in [-0.15, -0.1) is 11.3 Å². The highest BCUT2D eigenvalue weighted by Gasteiger charge is 2.40. The fraction of sp³-hybridized carbons (Fsp3) is 0.350. The first kappa shape index (κ1) is 19.4. The molecule has 1 aromatic heterocycles. The molecule has 8 nitrogen and oxygen atoms in total. The minimum absolute atomic E-state index is 0.164. The number of hydrogen-bond acceptors (Lipinski definition) is 8. The van der Waals surface area contributed by atoms with E-state index in [-0.39, 0.29) is 11.8 Å². The number of nitrogens with one attached hydrogen (secondary N) is 1. The second kappa shape index (κ2) is 7.60. The summed E-state index contributed by atoms with van der Waals surface area (Å²) in [6.45, 7) is 2.91. The number of morpholine rings is 1. The summed E-state index contributed by atoms with van der Waals surface area (Å²) in [5.74, 6) is 1.38. The van der Waals surface area contributed by atoms with E-state index in [9.17, 15) is 13.5 Å². The van der Waals surface area contributed by atoms with Crippen LogP contribution < -0.4 is 5.32 Å². The quantitative estimate of drug-likeness (QED) is 0.750. The van der Waals surface area contributed by atoms with Gasteiger partial charge in [-0.3, -0.25) is 4.31 Å². The van der Waals surface area contributed by atoms with Crippen LogP contribution >= 0.6 is 11.3 Å². The predicted molar refractivity (Wildman–Crippen MR) is 114 cm³/mol. The largest absolute Gasteiger partial charge is 0.508 e. The fourth-order valence-electron chi connectivity index (χ4n) is 4.03. The molecule has 0 radical (unpaired) electrons. The third-order valence-electron chi connectivity index (χ3n) is 5.49. The zero-order chi connectivity index (χ0) is 20.7. The van der Waals surface area contributed by atoms with E-state index in [0.29, 0.717) is 55.3 Å². The van der Waals surface area contributed by atoms with E-state index in [1.54, 1.807) is 35.7 Å². The molecule has 158 valence electrons. The summed E-state index contributed by atoms with van der Waals surface area (Å²) in [7, 11) is -3.65. The summed E-state index contributed by atoms with van der Waals surface area (Å²) in [5, 5.41) is 15.1. The molecule has 2 aromatic rings. The molecule has 30 heavy (non-hydrogen) atoms. The summed E-state index contributed by atoms with van der Waals surface area (Å²) in [5.41, 5.74) is 1.75. The topological polar surface area (TPSA) is 94.5 Å². The Kier molecular flexibility index (Phi) is 4.92. The Morgan fingerprint density at radius 1 is 1.17 bits per heavy atom. The average Bonchev–Trinajstić information content (AvgIpc) is 3.44. The highest BCUT2D eigenvalue weighted by molar-refractivity contribution is 7.91. The van der Waals surface area contributed by atoms with Gasteiger partial charge in [0.1, 0.15) is 21.8 Å². The Hall–Kier alpha value is -2.56. The molecule has 1 aromatic carbocycles. The zero-order valence-electron chi connectivity index (χ0n) is 16.2. The third-order valence-corrected chi connectivity index (χ3v) is 8.66. The highest BCUT2D eigenvalue weighted by atomic mass is 32.2.